The number of urea groups is 1. The quantitative estimate of drug-likeness (QED) is 0.878. The molecule has 0 radical (unpaired) electrons. The van der Waals surface area contributed by atoms with Crippen molar-refractivity contribution in [2.24, 2.45) is 5.41 Å². The number of carbonyl (C=O) groups is 2. The van der Waals surface area contributed by atoms with E-state index in [1.54, 1.807) is 18.9 Å². The van der Waals surface area contributed by atoms with Crippen LogP contribution in [0.25, 0.3) is 11.1 Å². The molecule has 2 amide bonds. The number of hydrogen-bond acceptors (Lipinski definition) is 3. The second-order valence-corrected chi connectivity index (χ2v) is 6.75. The van der Waals surface area contributed by atoms with Crippen molar-refractivity contribution in [3.63, 3.8) is 0 Å². The minimum atomic E-state index is -0.878. The third-order valence-electron chi connectivity index (χ3n) is 4.81. The molecule has 6 heteroatoms. The normalized spacial score (nSPS) is 19.2. The van der Waals surface area contributed by atoms with Gasteiger partial charge in [0, 0.05) is 24.3 Å². The van der Waals surface area contributed by atoms with E-state index < -0.39 is 11.4 Å². The number of carbonyl (C=O) groups excluding carboxylic acids is 1. The van der Waals surface area contributed by atoms with E-state index in [2.05, 4.69) is 5.32 Å². The largest absolute Gasteiger partial charge is 0.496 e. The summed E-state index contributed by atoms with van der Waals surface area (Å²) >= 11 is 0. The average molecular weight is 354 g/mol. The summed E-state index contributed by atoms with van der Waals surface area (Å²) in [7, 11) is 1.62. The van der Waals surface area contributed by atoms with Crippen molar-refractivity contribution in [1.29, 1.82) is 0 Å². The fourth-order valence-electron chi connectivity index (χ4n) is 3.16. The highest BCUT2D eigenvalue weighted by Gasteiger charge is 2.42. The molecule has 136 valence electrons. The Bertz CT molecular complexity index is 836. The Morgan fingerprint density at radius 2 is 1.96 bits per heavy atom. The van der Waals surface area contributed by atoms with Gasteiger partial charge in [0.05, 0.1) is 12.5 Å². The van der Waals surface area contributed by atoms with Crippen LogP contribution in [0.4, 0.5) is 10.5 Å². The van der Waals surface area contributed by atoms with Crippen LogP contribution in [0.3, 0.4) is 0 Å². The second kappa shape index (κ2) is 7.07. The number of nitrogens with zero attached hydrogens (tertiary/aromatic N) is 1. The van der Waals surface area contributed by atoms with Crippen molar-refractivity contribution in [1.82, 2.24) is 4.90 Å². The summed E-state index contributed by atoms with van der Waals surface area (Å²) in [5, 5.41) is 12.2. The molecule has 2 N–H and O–H groups in total. The van der Waals surface area contributed by atoms with Gasteiger partial charge in [0.2, 0.25) is 0 Å². The van der Waals surface area contributed by atoms with Gasteiger partial charge in [-0.1, -0.05) is 30.3 Å². The molecule has 0 aromatic heterocycles. The molecule has 0 aliphatic carbocycles. The lowest BCUT2D eigenvalue weighted by Gasteiger charge is -2.20. The topological polar surface area (TPSA) is 78.9 Å². The maximum Gasteiger partial charge on any atom is 0.321 e. The molecule has 1 fully saturated rings. The third kappa shape index (κ3) is 3.49. The van der Waals surface area contributed by atoms with E-state index in [1.807, 2.05) is 48.5 Å². The Morgan fingerprint density at radius 1 is 1.19 bits per heavy atom. The lowest BCUT2D eigenvalue weighted by molar-refractivity contribution is -0.146. The maximum atomic E-state index is 12.5. The van der Waals surface area contributed by atoms with E-state index in [9.17, 15) is 14.7 Å². The molecular formula is C20H22N2O4. The van der Waals surface area contributed by atoms with Gasteiger partial charge in [-0.3, -0.25) is 4.79 Å². The molecular weight excluding hydrogens is 332 g/mol. The predicted octanol–water partition coefficient (Wildman–Crippen LogP) is 3.69. The van der Waals surface area contributed by atoms with Crippen molar-refractivity contribution in [3.8, 4) is 16.9 Å². The number of carboxylic acids is 1. The van der Waals surface area contributed by atoms with E-state index in [0.717, 1.165) is 16.9 Å². The van der Waals surface area contributed by atoms with Crippen LogP contribution in [-0.2, 0) is 4.79 Å². The molecule has 1 heterocycles. The molecule has 0 saturated carbocycles. The third-order valence-corrected chi connectivity index (χ3v) is 4.81. The van der Waals surface area contributed by atoms with Crippen molar-refractivity contribution in [2.45, 2.75) is 13.3 Å². The first-order chi connectivity index (χ1) is 12.4. The van der Waals surface area contributed by atoms with Crippen LogP contribution >= 0.6 is 0 Å². The van der Waals surface area contributed by atoms with Gasteiger partial charge in [-0.2, -0.15) is 0 Å². The summed E-state index contributed by atoms with van der Waals surface area (Å²) in [6.07, 6.45) is 0.455. The van der Waals surface area contributed by atoms with Gasteiger partial charge in [-0.15, -0.1) is 0 Å². The first-order valence-electron chi connectivity index (χ1n) is 8.46. The maximum absolute atomic E-state index is 12.5. The highest BCUT2D eigenvalue weighted by molar-refractivity contribution is 5.91. The van der Waals surface area contributed by atoms with Gasteiger partial charge >= 0.3 is 12.0 Å². The van der Waals surface area contributed by atoms with Crippen molar-refractivity contribution >= 4 is 17.7 Å². The van der Waals surface area contributed by atoms with Crippen molar-refractivity contribution in [3.05, 3.63) is 48.5 Å². The molecule has 26 heavy (non-hydrogen) atoms. The Balaban J connectivity index is 1.75. The van der Waals surface area contributed by atoms with Gasteiger partial charge in [0.15, 0.2) is 0 Å². The minimum absolute atomic E-state index is 0.209. The minimum Gasteiger partial charge on any atom is -0.496 e. The zero-order chi connectivity index (χ0) is 18.7. The lowest BCUT2D eigenvalue weighted by atomic mass is 9.90. The number of methoxy groups -OCH3 is 1. The monoisotopic (exact) mass is 354 g/mol. The zero-order valence-electron chi connectivity index (χ0n) is 14.9. The van der Waals surface area contributed by atoms with Gasteiger partial charge in [-0.05, 0) is 37.1 Å². The lowest BCUT2D eigenvalue weighted by Crippen LogP contribution is -2.37. The highest BCUT2D eigenvalue weighted by atomic mass is 16.5. The summed E-state index contributed by atoms with van der Waals surface area (Å²) in [6.45, 7) is 2.31. The number of carboxylic acid groups (broad SMARTS) is 1. The summed E-state index contributed by atoms with van der Waals surface area (Å²) in [6, 6.07) is 14.9. The Labute approximate surface area is 152 Å². The van der Waals surface area contributed by atoms with E-state index >= 15 is 0 Å². The summed E-state index contributed by atoms with van der Waals surface area (Å²) in [5.74, 6) is -0.112. The van der Waals surface area contributed by atoms with Crippen molar-refractivity contribution in [2.75, 3.05) is 25.5 Å². The molecule has 1 atom stereocenters. The van der Waals surface area contributed by atoms with Gasteiger partial charge < -0.3 is 20.1 Å². The zero-order valence-corrected chi connectivity index (χ0v) is 14.9. The summed E-state index contributed by atoms with van der Waals surface area (Å²) < 4.78 is 5.40. The van der Waals surface area contributed by atoms with Gasteiger partial charge in [0.25, 0.3) is 0 Å². The van der Waals surface area contributed by atoms with E-state index in [4.69, 9.17) is 4.74 Å². The number of nitrogens with one attached hydrogen (secondary N) is 1. The molecule has 1 aliphatic heterocycles. The van der Waals surface area contributed by atoms with Crippen LogP contribution < -0.4 is 10.1 Å². The van der Waals surface area contributed by atoms with Crippen LogP contribution in [0.5, 0.6) is 5.75 Å². The number of hydrogen-bond donors (Lipinski definition) is 2. The smallest absolute Gasteiger partial charge is 0.321 e. The molecule has 0 spiro atoms. The number of rotatable bonds is 4. The molecule has 6 nitrogen and oxygen atoms in total. The number of ether oxygens (including phenoxy) is 1. The first kappa shape index (κ1) is 17.8. The second-order valence-electron chi connectivity index (χ2n) is 6.75. The summed E-state index contributed by atoms with van der Waals surface area (Å²) in [4.78, 5) is 25.4. The molecule has 0 bridgehead atoms. The van der Waals surface area contributed by atoms with Gasteiger partial charge in [0.1, 0.15) is 5.75 Å². The molecule has 1 saturated heterocycles. The van der Waals surface area contributed by atoms with Gasteiger partial charge in [-0.25, -0.2) is 4.79 Å². The van der Waals surface area contributed by atoms with E-state index in [-0.39, 0.29) is 12.6 Å². The molecule has 2 aromatic rings. The number of benzene rings is 2. The highest BCUT2D eigenvalue weighted by Crippen LogP contribution is 2.32. The number of para-hydroxylation sites is 1. The van der Waals surface area contributed by atoms with Crippen LogP contribution in [0.1, 0.15) is 13.3 Å². The number of amides is 2. The first-order valence-corrected chi connectivity index (χ1v) is 8.46. The fourth-order valence-corrected chi connectivity index (χ4v) is 3.16. The summed E-state index contributed by atoms with van der Waals surface area (Å²) in [5.41, 5.74) is 1.64. The number of aliphatic carboxylic acids is 1. The standard InChI is InChI=1S/C20H22N2O4/c1-20(18(23)24)10-11-22(13-20)19(25)21-15-7-5-6-14(12-15)16-8-3-4-9-17(16)26-2/h3-9,12H,10-11,13H2,1-2H3,(H,21,25)(H,23,24). The SMILES string of the molecule is COc1ccccc1-c1cccc(NC(=O)N2CCC(C)(C(=O)O)C2)c1. The molecule has 3 rings (SSSR count). The van der Waals surface area contributed by atoms with Crippen molar-refractivity contribution < 1.29 is 19.4 Å². The predicted molar refractivity (Wildman–Crippen MR) is 99.4 cm³/mol. The molecule has 2 aromatic carbocycles. The van der Waals surface area contributed by atoms with Crippen LogP contribution in [-0.4, -0.2) is 42.2 Å². The average Bonchev–Trinajstić information content (AvgIpc) is 3.06. The van der Waals surface area contributed by atoms with Crippen LogP contribution in [0.15, 0.2) is 48.5 Å². The Hall–Kier alpha value is -3.02. The Morgan fingerprint density at radius 3 is 2.65 bits per heavy atom. The van der Waals surface area contributed by atoms with Crippen LogP contribution in [0.2, 0.25) is 0 Å². The van der Waals surface area contributed by atoms with E-state index in [1.165, 1.54) is 0 Å². The Kier molecular flexibility index (Phi) is 4.84. The number of anilines is 1. The number of likely N-dealkylation sites (tertiary alicyclic amines) is 1. The van der Waals surface area contributed by atoms with E-state index in [0.29, 0.717) is 18.7 Å². The molecule has 1 unspecified atom stereocenters. The molecule has 1 aliphatic rings. The van der Waals surface area contributed by atoms with Crippen LogP contribution in [0, 0.1) is 5.41 Å². The fraction of sp³-hybridized carbons (Fsp3) is 0.300.